The van der Waals surface area contributed by atoms with Crippen LogP contribution >= 0.6 is 0 Å². The first kappa shape index (κ1) is 21.5. The third kappa shape index (κ3) is 4.46. The normalized spacial score (nSPS) is 15.3. The molecule has 0 atom stereocenters. The Kier molecular flexibility index (Phi) is 5.81. The predicted octanol–water partition coefficient (Wildman–Crippen LogP) is 6.07. The van der Waals surface area contributed by atoms with Crippen molar-refractivity contribution in [3.05, 3.63) is 83.4 Å². The number of aromatic nitrogens is 2. The van der Waals surface area contributed by atoms with E-state index < -0.39 is 11.6 Å². The van der Waals surface area contributed by atoms with Gasteiger partial charge in [0.05, 0.1) is 0 Å². The first-order valence-electron chi connectivity index (χ1n) is 11.1. The highest BCUT2D eigenvalue weighted by atomic mass is 19.1. The van der Waals surface area contributed by atoms with Crippen molar-refractivity contribution >= 4 is 16.7 Å². The van der Waals surface area contributed by atoms with E-state index in [4.69, 9.17) is 0 Å². The predicted molar refractivity (Wildman–Crippen MR) is 125 cm³/mol. The van der Waals surface area contributed by atoms with Gasteiger partial charge in [-0.2, -0.15) is 0 Å². The second-order valence-electron chi connectivity index (χ2n) is 8.71. The van der Waals surface area contributed by atoms with Gasteiger partial charge >= 0.3 is 0 Å². The van der Waals surface area contributed by atoms with Gasteiger partial charge in [-0.1, -0.05) is 0 Å². The summed E-state index contributed by atoms with van der Waals surface area (Å²) >= 11 is 0. The van der Waals surface area contributed by atoms with Gasteiger partial charge < -0.3 is 15.2 Å². The molecule has 0 spiro atoms. The number of aromatic amines is 1. The van der Waals surface area contributed by atoms with Crippen LogP contribution in [-0.4, -0.2) is 35.0 Å². The van der Waals surface area contributed by atoms with Gasteiger partial charge in [-0.25, -0.2) is 18.2 Å². The van der Waals surface area contributed by atoms with Crippen LogP contribution in [0.25, 0.3) is 22.2 Å². The van der Waals surface area contributed by atoms with Crippen molar-refractivity contribution in [2.24, 2.45) is 0 Å². The lowest BCUT2D eigenvalue weighted by molar-refractivity contribution is 0.254. The quantitative estimate of drug-likeness (QED) is 0.388. The van der Waals surface area contributed by atoms with Crippen molar-refractivity contribution in [1.29, 1.82) is 0 Å². The Morgan fingerprint density at radius 2 is 1.76 bits per heavy atom. The van der Waals surface area contributed by atoms with Crippen LogP contribution in [0.2, 0.25) is 0 Å². The molecule has 2 N–H and O–H groups in total. The minimum Gasteiger partial charge on any atom is -0.381 e. The number of piperidine rings is 1. The molecular formula is C26H25F3N4. The van der Waals surface area contributed by atoms with Crippen molar-refractivity contribution in [3.63, 3.8) is 0 Å². The third-order valence-corrected chi connectivity index (χ3v) is 6.46. The number of pyridine rings is 1. The fourth-order valence-electron chi connectivity index (χ4n) is 4.54. The molecule has 0 bridgehead atoms. The molecule has 0 amide bonds. The van der Waals surface area contributed by atoms with E-state index in [-0.39, 0.29) is 17.9 Å². The molecule has 33 heavy (non-hydrogen) atoms. The number of hydrogen-bond acceptors (Lipinski definition) is 3. The van der Waals surface area contributed by atoms with Crippen LogP contribution in [0, 0.1) is 17.5 Å². The largest absolute Gasteiger partial charge is 0.381 e. The average molecular weight is 451 g/mol. The minimum atomic E-state index is -0.500. The van der Waals surface area contributed by atoms with Gasteiger partial charge in [0, 0.05) is 46.6 Å². The number of hydrogen-bond donors (Lipinski definition) is 2. The molecule has 1 saturated heterocycles. The third-order valence-electron chi connectivity index (χ3n) is 6.46. The first-order chi connectivity index (χ1) is 16.0. The van der Waals surface area contributed by atoms with Crippen molar-refractivity contribution in [2.75, 3.05) is 25.5 Å². The second-order valence-corrected chi connectivity index (χ2v) is 8.71. The van der Waals surface area contributed by atoms with E-state index in [9.17, 15) is 13.2 Å². The molecule has 1 aliphatic heterocycles. The van der Waals surface area contributed by atoms with E-state index in [1.54, 1.807) is 18.3 Å². The molecule has 2 aromatic carbocycles. The zero-order valence-corrected chi connectivity index (χ0v) is 18.3. The van der Waals surface area contributed by atoms with E-state index in [1.807, 2.05) is 6.07 Å². The molecule has 1 fully saturated rings. The summed E-state index contributed by atoms with van der Waals surface area (Å²) in [7, 11) is 2.13. The maximum atomic E-state index is 14.9. The zero-order chi connectivity index (χ0) is 22.9. The number of rotatable bonds is 5. The second kappa shape index (κ2) is 8.90. The molecular weight excluding hydrogens is 425 g/mol. The number of nitrogens with zero attached hydrogens (tertiary/aromatic N) is 2. The van der Waals surface area contributed by atoms with Crippen LogP contribution in [0.5, 0.6) is 0 Å². The highest BCUT2D eigenvalue weighted by Gasteiger charge is 2.21. The number of likely N-dealkylation sites (tertiary alicyclic amines) is 1. The summed E-state index contributed by atoms with van der Waals surface area (Å²) in [6.07, 6.45) is 3.82. The van der Waals surface area contributed by atoms with Gasteiger partial charge in [0.25, 0.3) is 0 Å². The van der Waals surface area contributed by atoms with E-state index in [0.717, 1.165) is 66.4 Å². The van der Waals surface area contributed by atoms with E-state index in [1.165, 1.54) is 6.07 Å². The molecule has 4 nitrogen and oxygen atoms in total. The number of H-pyrrole nitrogens is 1. The highest BCUT2D eigenvalue weighted by molar-refractivity contribution is 5.94. The smallest absolute Gasteiger partial charge is 0.138 e. The SMILES string of the molecule is CN1CCC(c2cc3c(-c4cc(NCc5cc(F)ccc5F)ccc4F)ccnc3[nH]2)CC1. The Hall–Kier alpha value is -3.32. The van der Waals surface area contributed by atoms with E-state index >= 15 is 0 Å². The Balaban J connectivity index is 1.45. The molecule has 170 valence electrons. The van der Waals surface area contributed by atoms with Crippen LogP contribution < -0.4 is 5.32 Å². The molecule has 0 radical (unpaired) electrons. The maximum absolute atomic E-state index is 14.9. The van der Waals surface area contributed by atoms with Crippen molar-refractivity contribution < 1.29 is 13.2 Å². The molecule has 0 saturated carbocycles. The number of benzene rings is 2. The van der Waals surface area contributed by atoms with Crippen LogP contribution in [0.3, 0.4) is 0 Å². The van der Waals surface area contributed by atoms with Crippen molar-refractivity contribution in [1.82, 2.24) is 14.9 Å². The summed E-state index contributed by atoms with van der Waals surface area (Å²) in [4.78, 5) is 10.2. The van der Waals surface area contributed by atoms with Gasteiger partial charge in [-0.3, -0.25) is 0 Å². The Bertz CT molecular complexity index is 1290. The summed E-state index contributed by atoms with van der Waals surface area (Å²) < 4.78 is 42.3. The molecule has 5 rings (SSSR count). The van der Waals surface area contributed by atoms with E-state index in [2.05, 4.69) is 33.3 Å². The van der Waals surface area contributed by atoms with Crippen molar-refractivity contribution in [2.45, 2.75) is 25.3 Å². The lowest BCUT2D eigenvalue weighted by Crippen LogP contribution is -2.29. The topological polar surface area (TPSA) is 44.0 Å². The van der Waals surface area contributed by atoms with Gasteiger partial charge in [0.1, 0.15) is 23.1 Å². The van der Waals surface area contributed by atoms with Gasteiger partial charge in [0.15, 0.2) is 0 Å². The van der Waals surface area contributed by atoms with Gasteiger partial charge in [0.2, 0.25) is 0 Å². The molecule has 0 aliphatic carbocycles. The minimum absolute atomic E-state index is 0.0881. The Labute approximate surface area is 190 Å². The van der Waals surface area contributed by atoms with Crippen LogP contribution in [0.1, 0.15) is 30.0 Å². The molecule has 4 aromatic rings. The average Bonchev–Trinajstić information content (AvgIpc) is 3.25. The highest BCUT2D eigenvalue weighted by Crippen LogP contribution is 2.35. The number of nitrogens with one attached hydrogen (secondary N) is 2. The van der Waals surface area contributed by atoms with Gasteiger partial charge in [-0.15, -0.1) is 0 Å². The lowest BCUT2D eigenvalue weighted by Gasteiger charge is -2.28. The fourth-order valence-corrected chi connectivity index (χ4v) is 4.54. The van der Waals surface area contributed by atoms with E-state index in [0.29, 0.717) is 17.2 Å². The van der Waals surface area contributed by atoms with Crippen LogP contribution in [-0.2, 0) is 6.54 Å². The van der Waals surface area contributed by atoms with Crippen LogP contribution in [0.4, 0.5) is 18.9 Å². The van der Waals surface area contributed by atoms with Crippen molar-refractivity contribution in [3.8, 4) is 11.1 Å². The Morgan fingerprint density at radius 3 is 2.58 bits per heavy atom. The summed E-state index contributed by atoms with van der Waals surface area (Å²) in [6, 6.07) is 11.9. The summed E-state index contributed by atoms with van der Waals surface area (Å²) in [5, 5.41) is 3.95. The Morgan fingerprint density at radius 1 is 0.970 bits per heavy atom. The molecule has 2 aromatic heterocycles. The number of fused-ring (bicyclic) bond motifs is 1. The molecule has 7 heteroatoms. The summed E-state index contributed by atoms with van der Waals surface area (Å²) in [5.41, 5.74) is 3.87. The standard InChI is InChI=1S/C26H25F3N4/c1-33-10-7-16(8-11-33)25-14-22-20(6-9-30-26(22)32-25)21-13-19(3-5-24(21)29)31-15-17-12-18(27)2-4-23(17)28/h2-6,9,12-14,16,31H,7-8,10-11,15H2,1H3,(H,30,32). The lowest BCUT2D eigenvalue weighted by atomic mass is 9.93. The number of anilines is 1. The fraction of sp³-hybridized carbons (Fsp3) is 0.269. The monoisotopic (exact) mass is 450 g/mol. The van der Waals surface area contributed by atoms with Gasteiger partial charge in [-0.05, 0) is 87.1 Å². The summed E-state index contributed by atoms with van der Waals surface area (Å²) in [6.45, 7) is 2.19. The molecule has 1 aliphatic rings. The molecule has 0 unspecified atom stereocenters. The summed E-state index contributed by atoms with van der Waals surface area (Å²) in [5.74, 6) is -0.912. The first-order valence-corrected chi connectivity index (χ1v) is 11.1. The maximum Gasteiger partial charge on any atom is 0.138 e. The number of halogens is 3. The molecule has 3 heterocycles. The van der Waals surface area contributed by atoms with Crippen LogP contribution in [0.15, 0.2) is 54.7 Å². The zero-order valence-electron chi connectivity index (χ0n) is 18.3.